The molecule has 6 nitrogen and oxygen atoms in total. The third-order valence-electron chi connectivity index (χ3n) is 4.63. The van der Waals surface area contributed by atoms with Crippen molar-refractivity contribution in [3.63, 3.8) is 0 Å². The number of rotatable bonds is 6. The highest BCUT2D eigenvalue weighted by atomic mass is 16.2. The fourth-order valence-corrected chi connectivity index (χ4v) is 3.18. The first kappa shape index (κ1) is 16.9. The Morgan fingerprint density at radius 2 is 1.82 bits per heavy atom. The van der Waals surface area contributed by atoms with Crippen molar-refractivity contribution in [3.05, 3.63) is 0 Å². The van der Waals surface area contributed by atoms with Gasteiger partial charge in [-0.15, -0.1) is 0 Å². The first-order chi connectivity index (χ1) is 10.6. The Bertz CT molecular complexity index is 388. The summed E-state index contributed by atoms with van der Waals surface area (Å²) in [7, 11) is 0. The van der Waals surface area contributed by atoms with Gasteiger partial charge in [0.05, 0.1) is 0 Å². The number of nitrogens with zero attached hydrogens (tertiary/aromatic N) is 1. The second-order valence-corrected chi connectivity index (χ2v) is 6.63. The largest absolute Gasteiger partial charge is 0.338 e. The summed E-state index contributed by atoms with van der Waals surface area (Å²) >= 11 is 0. The van der Waals surface area contributed by atoms with Crippen LogP contribution < -0.4 is 16.0 Å². The van der Waals surface area contributed by atoms with Crippen LogP contribution in [0.5, 0.6) is 0 Å². The SMILES string of the molecule is CCCNC(=O)N1CCC(CC2CC2)(NC(=O)NCC)CC1. The van der Waals surface area contributed by atoms with Crippen LogP contribution in [0.2, 0.25) is 0 Å². The van der Waals surface area contributed by atoms with Gasteiger partial charge in [-0.3, -0.25) is 0 Å². The number of carbonyl (C=O) groups excluding carboxylic acids is 2. The van der Waals surface area contributed by atoms with Crippen LogP contribution in [0.1, 0.15) is 52.4 Å². The number of urea groups is 2. The van der Waals surface area contributed by atoms with Crippen LogP contribution in [-0.4, -0.2) is 48.7 Å². The van der Waals surface area contributed by atoms with Gasteiger partial charge in [-0.25, -0.2) is 9.59 Å². The van der Waals surface area contributed by atoms with Crippen molar-refractivity contribution >= 4 is 12.1 Å². The molecule has 126 valence electrons. The number of amides is 4. The van der Waals surface area contributed by atoms with E-state index in [9.17, 15) is 9.59 Å². The lowest BCUT2D eigenvalue weighted by molar-refractivity contribution is 0.134. The van der Waals surface area contributed by atoms with E-state index in [4.69, 9.17) is 0 Å². The van der Waals surface area contributed by atoms with Gasteiger partial charge >= 0.3 is 12.1 Å². The van der Waals surface area contributed by atoms with E-state index in [0.717, 1.165) is 38.1 Å². The highest BCUT2D eigenvalue weighted by Crippen LogP contribution is 2.40. The summed E-state index contributed by atoms with van der Waals surface area (Å²) in [6, 6.07) is -0.0492. The van der Waals surface area contributed by atoms with Crippen LogP contribution in [0, 0.1) is 5.92 Å². The predicted octanol–water partition coefficient (Wildman–Crippen LogP) is 2.06. The van der Waals surface area contributed by atoms with E-state index in [1.165, 1.54) is 12.8 Å². The maximum atomic E-state index is 12.0. The minimum Gasteiger partial charge on any atom is -0.338 e. The highest BCUT2D eigenvalue weighted by molar-refractivity contribution is 5.75. The van der Waals surface area contributed by atoms with Crippen LogP contribution in [-0.2, 0) is 0 Å². The molecular formula is C16H30N4O2. The van der Waals surface area contributed by atoms with Crippen molar-refractivity contribution in [1.82, 2.24) is 20.9 Å². The first-order valence-corrected chi connectivity index (χ1v) is 8.67. The Kier molecular flexibility index (Phi) is 5.91. The Balaban J connectivity index is 1.89. The fraction of sp³-hybridized carbons (Fsp3) is 0.875. The van der Waals surface area contributed by atoms with Gasteiger partial charge in [0.15, 0.2) is 0 Å². The molecule has 1 saturated carbocycles. The molecule has 0 aromatic carbocycles. The molecule has 2 rings (SSSR count). The first-order valence-electron chi connectivity index (χ1n) is 8.67. The maximum absolute atomic E-state index is 12.0. The van der Waals surface area contributed by atoms with E-state index in [1.54, 1.807) is 0 Å². The van der Waals surface area contributed by atoms with Gasteiger partial charge in [-0.2, -0.15) is 0 Å². The lowest BCUT2D eigenvalue weighted by atomic mass is 9.82. The molecule has 1 aliphatic heterocycles. The molecule has 1 heterocycles. The summed E-state index contributed by atoms with van der Waals surface area (Å²) in [4.78, 5) is 25.9. The topological polar surface area (TPSA) is 73.5 Å². The summed E-state index contributed by atoms with van der Waals surface area (Å²) < 4.78 is 0. The van der Waals surface area contributed by atoms with Crippen LogP contribution in [0.25, 0.3) is 0 Å². The summed E-state index contributed by atoms with van der Waals surface area (Å²) in [5.41, 5.74) is -0.137. The second-order valence-electron chi connectivity index (χ2n) is 6.63. The van der Waals surface area contributed by atoms with Gasteiger partial charge in [0.2, 0.25) is 0 Å². The number of nitrogens with one attached hydrogen (secondary N) is 3. The van der Waals surface area contributed by atoms with E-state index >= 15 is 0 Å². The van der Waals surface area contributed by atoms with Crippen molar-refractivity contribution < 1.29 is 9.59 Å². The van der Waals surface area contributed by atoms with Crippen molar-refractivity contribution in [2.45, 2.75) is 57.9 Å². The van der Waals surface area contributed by atoms with Crippen LogP contribution in [0.3, 0.4) is 0 Å². The number of hydrogen-bond acceptors (Lipinski definition) is 2. The number of likely N-dealkylation sites (tertiary alicyclic amines) is 1. The molecule has 0 aromatic rings. The number of piperidine rings is 1. The lowest BCUT2D eigenvalue weighted by Crippen LogP contribution is -2.59. The van der Waals surface area contributed by atoms with E-state index in [1.807, 2.05) is 18.7 Å². The molecule has 2 aliphatic rings. The minimum absolute atomic E-state index is 0.0277. The molecule has 0 unspecified atom stereocenters. The molecule has 0 aromatic heterocycles. The van der Waals surface area contributed by atoms with Crippen LogP contribution in [0.15, 0.2) is 0 Å². The molecule has 0 bridgehead atoms. The lowest BCUT2D eigenvalue weighted by Gasteiger charge is -2.42. The zero-order valence-corrected chi connectivity index (χ0v) is 13.9. The molecule has 22 heavy (non-hydrogen) atoms. The Morgan fingerprint density at radius 1 is 1.14 bits per heavy atom. The van der Waals surface area contributed by atoms with E-state index < -0.39 is 0 Å². The van der Waals surface area contributed by atoms with Crippen molar-refractivity contribution in [3.8, 4) is 0 Å². The molecule has 6 heteroatoms. The molecular weight excluding hydrogens is 280 g/mol. The zero-order chi connectivity index (χ0) is 16.0. The highest BCUT2D eigenvalue weighted by Gasteiger charge is 2.41. The van der Waals surface area contributed by atoms with Crippen molar-refractivity contribution in [1.29, 1.82) is 0 Å². The smallest absolute Gasteiger partial charge is 0.317 e. The maximum Gasteiger partial charge on any atom is 0.317 e. The quantitative estimate of drug-likeness (QED) is 0.702. The Morgan fingerprint density at radius 3 is 2.36 bits per heavy atom. The minimum atomic E-state index is -0.137. The fourth-order valence-electron chi connectivity index (χ4n) is 3.18. The molecule has 4 amide bonds. The molecule has 1 saturated heterocycles. The molecule has 0 spiro atoms. The Labute approximate surface area is 133 Å². The van der Waals surface area contributed by atoms with Crippen LogP contribution in [0.4, 0.5) is 9.59 Å². The normalized spacial score (nSPS) is 20.4. The average molecular weight is 310 g/mol. The van der Waals surface area contributed by atoms with Gasteiger partial charge < -0.3 is 20.9 Å². The van der Waals surface area contributed by atoms with Gasteiger partial charge in [-0.05, 0) is 38.5 Å². The van der Waals surface area contributed by atoms with E-state index in [2.05, 4.69) is 16.0 Å². The van der Waals surface area contributed by atoms with Crippen molar-refractivity contribution in [2.24, 2.45) is 5.92 Å². The van der Waals surface area contributed by atoms with Gasteiger partial charge in [-0.1, -0.05) is 19.8 Å². The molecule has 0 radical (unpaired) electrons. The molecule has 2 fully saturated rings. The second kappa shape index (κ2) is 7.70. The third kappa shape index (κ3) is 4.78. The standard InChI is InChI=1S/C16H30N4O2/c1-3-9-18-15(22)20-10-7-16(8-11-20,12-13-5-6-13)19-14(21)17-4-2/h13H,3-12H2,1-2H3,(H,18,22)(H2,17,19,21). The summed E-state index contributed by atoms with van der Waals surface area (Å²) in [6.07, 6.45) is 6.25. The molecule has 0 atom stereocenters. The summed E-state index contributed by atoms with van der Waals surface area (Å²) in [5.74, 6) is 0.752. The predicted molar refractivity (Wildman–Crippen MR) is 86.8 cm³/mol. The third-order valence-corrected chi connectivity index (χ3v) is 4.63. The van der Waals surface area contributed by atoms with E-state index in [0.29, 0.717) is 19.6 Å². The number of carbonyl (C=O) groups is 2. The number of hydrogen-bond donors (Lipinski definition) is 3. The monoisotopic (exact) mass is 310 g/mol. The molecule has 1 aliphatic carbocycles. The van der Waals surface area contributed by atoms with E-state index in [-0.39, 0.29) is 17.6 Å². The van der Waals surface area contributed by atoms with Gasteiger partial charge in [0.25, 0.3) is 0 Å². The molecule has 3 N–H and O–H groups in total. The van der Waals surface area contributed by atoms with Gasteiger partial charge in [0.1, 0.15) is 0 Å². The Hall–Kier alpha value is -1.46. The van der Waals surface area contributed by atoms with Crippen LogP contribution >= 0.6 is 0 Å². The van der Waals surface area contributed by atoms with Crippen molar-refractivity contribution in [2.75, 3.05) is 26.2 Å². The average Bonchev–Trinajstić information content (AvgIpc) is 3.29. The zero-order valence-electron chi connectivity index (χ0n) is 13.9. The van der Waals surface area contributed by atoms with Gasteiger partial charge in [0, 0.05) is 31.7 Å². The summed E-state index contributed by atoms with van der Waals surface area (Å²) in [6.45, 7) is 6.77. The summed E-state index contributed by atoms with van der Waals surface area (Å²) in [5, 5.41) is 8.96.